The Morgan fingerprint density at radius 1 is 1.04 bits per heavy atom. The van der Waals surface area contributed by atoms with Gasteiger partial charge in [-0.25, -0.2) is 40.3 Å². The van der Waals surface area contributed by atoms with Gasteiger partial charge in [-0.3, -0.25) is 5.10 Å². The molecule has 0 aliphatic carbocycles. The zero-order valence-electron chi connectivity index (χ0n) is 26.3. The number of ether oxygens (including phenoxy) is 1. The number of halogens is 5. The highest BCUT2D eigenvalue weighted by molar-refractivity contribution is 7.99. The van der Waals surface area contributed by atoms with Crippen LogP contribution in [0.25, 0.3) is 0 Å². The Balaban J connectivity index is 1.52. The molecule has 3 heterocycles. The summed E-state index contributed by atoms with van der Waals surface area (Å²) in [5.41, 5.74) is -0.546. The number of sulfone groups is 1. The summed E-state index contributed by atoms with van der Waals surface area (Å²) in [5, 5.41) is 10.2. The van der Waals surface area contributed by atoms with Crippen molar-refractivity contribution in [2.75, 3.05) is 44.5 Å². The van der Waals surface area contributed by atoms with Crippen LogP contribution in [-0.2, 0) is 14.6 Å². The van der Waals surface area contributed by atoms with Crippen LogP contribution in [0.2, 0.25) is 0 Å². The topological polar surface area (TPSA) is 116 Å². The lowest BCUT2D eigenvalue weighted by molar-refractivity contribution is 0.315. The molecule has 2 N–H and O–H groups in total. The first kappa shape index (κ1) is 34.4. The van der Waals surface area contributed by atoms with Gasteiger partial charge in [-0.1, -0.05) is 0 Å². The van der Waals surface area contributed by atoms with Crippen molar-refractivity contribution in [3.05, 3.63) is 70.7 Å². The summed E-state index contributed by atoms with van der Waals surface area (Å²) in [6.07, 6.45) is 0.862. The van der Waals surface area contributed by atoms with Crippen molar-refractivity contribution < 1.29 is 35.1 Å². The van der Waals surface area contributed by atoms with Gasteiger partial charge in [0.2, 0.25) is 5.75 Å². The van der Waals surface area contributed by atoms with E-state index in [2.05, 4.69) is 30.4 Å². The third-order valence-electron chi connectivity index (χ3n) is 7.98. The zero-order chi connectivity index (χ0) is 34.4. The van der Waals surface area contributed by atoms with E-state index in [0.717, 1.165) is 49.9 Å². The molecule has 4 aromatic rings. The van der Waals surface area contributed by atoms with E-state index in [1.54, 1.807) is 6.07 Å². The van der Waals surface area contributed by atoms with Gasteiger partial charge in [0, 0.05) is 37.0 Å². The standard InChI is InChI=1S/C30H32F5N7O3S2/c1-15-11-22(40-39-15)36-27-26(45-6)28(42-10-9-16(14-42)41(4)5)38-29(37-27)46-21-8-7-17(12-18(21)31)47(43,44)30(2,3)23-24(34)19(32)13-20(33)25(23)35/h7-8,11-13,16H,9-10,14H2,1-6H3,(H2,36,37,38,39,40)/t16-/m0/s1. The van der Waals surface area contributed by atoms with Crippen molar-refractivity contribution in [1.29, 1.82) is 0 Å². The molecule has 5 rings (SSSR count). The predicted octanol–water partition coefficient (Wildman–Crippen LogP) is 5.96. The molecule has 252 valence electrons. The minimum atomic E-state index is -4.80. The van der Waals surface area contributed by atoms with Crippen LogP contribution < -0.4 is 15.0 Å². The fourth-order valence-corrected chi connectivity index (χ4v) is 7.57. The third kappa shape index (κ3) is 6.47. The molecule has 1 saturated heterocycles. The molecule has 0 bridgehead atoms. The van der Waals surface area contributed by atoms with E-state index < -0.39 is 54.1 Å². The van der Waals surface area contributed by atoms with Crippen LogP contribution >= 0.6 is 11.8 Å². The number of benzene rings is 2. The van der Waals surface area contributed by atoms with Crippen molar-refractivity contribution >= 4 is 39.1 Å². The number of aromatic amines is 1. The molecule has 0 saturated carbocycles. The van der Waals surface area contributed by atoms with Gasteiger partial charge in [-0.05, 0) is 71.2 Å². The minimum Gasteiger partial charge on any atom is -0.490 e. The summed E-state index contributed by atoms with van der Waals surface area (Å²) in [6, 6.07) is 4.84. The first-order valence-electron chi connectivity index (χ1n) is 14.3. The van der Waals surface area contributed by atoms with Crippen molar-refractivity contribution in [2.24, 2.45) is 0 Å². The monoisotopic (exact) mass is 697 g/mol. The number of anilines is 3. The number of rotatable bonds is 10. The van der Waals surface area contributed by atoms with Crippen LogP contribution in [0.4, 0.5) is 39.4 Å². The molecular formula is C30H32F5N7O3S2. The van der Waals surface area contributed by atoms with Crippen LogP contribution in [0.1, 0.15) is 31.5 Å². The Kier molecular flexibility index (Phi) is 9.45. The maximum absolute atomic E-state index is 15.6. The second-order valence-electron chi connectivity index (χ2n) is 11.7. The second-order valence-corrected chi connectivity index (χ2v) is 15.2. The number of hydrogen-bond acceptors (Lipinski definition) is 10. The Morgan fingerprint density at radius 2 is 1.72 bits per heavy atom. The largest absolute Gasteiger partial charge is 0.490 e. The van der Waals surface area contributed by atoms with Gasteiger partial charge >= 0.3 is 0 Å². The molecule has 2 aromatic heterocycles. The van der Waals surface area contributed by atoms with Gasteiger partial charge in [-0.15, -0.1) is 0 Å². The highest BCUT2D eigenvalue weighted by Gasteiger charge is 2.44. The second kappa shape index (κ2) is 12.9. The van der Waals surface area contributed by atoms with Gasteiger partial charge in [-0.2, -0.15) is 5.10 Å². The molecule has 1 aliphatic heterocycles. The summed E-state index contributed by atoms with van der Waals surface area (Å²) in [6.45, 7) is 4.88. The lowest BCUT2D eigenvalue weighted by atomic mass is 10.0. The van der Waals surface area contributed by atoms with E-state index in [1.165, 1.54) is 7.11 Å². The Bertz CT molecular complexity index is 1910. The van der Waals surface area contributed by atoms with E-state index in [0.29, 0.717) is 36.5 Å². The first-order valence-corrected chi connectivity index (χ1v) is 16.6. The summed E-state index contributed by atoms with van der Waals surface area (Å²) in [5.74, 6) is -6.75. The van der Waals surface area contributed by atoms with Gasteiger partial charge in [0.15, 0.2) is 55.7 Å². The van der Waals surface area contributed by atoms with Crippen molar-refractivity contribution in [3.8, 4) is 5.75 Å². The van der Waals surface area contributed by atoms with Crippen molar-refractivity contribution in [1.82, 2.24) is 25.1 Å². The van der Waals surface area contributed by atoms with Crippen LogP contribution in [0.3, 0.4) is 0 Å². The van der Waals surface area contributed by atoms with Crippen LogP contribution in [-0.4, -0.2) is 73.8 Å². The molecule has 0 unspecified atom stereocenters. The maximum atomic E-state index is 15.6. The highest BCUT2D eigenvalue weighted by atomic mass is 32.2. The summed E-state index contributed by atoms with van der Waals surface area (Å²) < 4.78 is 103. The summed E-state index contributed by atoms with van der Waals surface area (Å²) >= 11 is 0.803. The SMILES string of the molecule is COc1c(Nc2cc(C)[nH]n2)nc(Sc2ccc(S(=O)(=O)C(C)(C)c3c(F)c(F)cc(F)c3F)cc2F)nc1N1CC[C@H](N(C)C)C1. The van der Waals surface area contributed by atoms with Crippen LogP contribution in [0.15, 0.2) is 45.3 Å². The van der Waals surface area contributed by atoms with Crippen molar-refractivity contribution in [3.63, 3.8) is 0 Å². The Labute approximate surface area is 272 Å². The minimum absolute atomic E-state index is 0.0176. The van der Waals surface area contributed by atoms with Gasteiger partial charge < -0.3 is 19.9 Å². The van der Waals surface area contributed by atoms with E-state index >= 15 is 4.39 Å². The quantitative estimate of drug-likeness (QED) is 0.117. The predicted molar refractivity (Wildman–Crippen MR) is 167 cm³/mol. The van der Waals surface area contributed by atoms with E-state index in [4.69, 9.17) is 4.74 Å². The molecular weight excluding hydrogens is 665 g/mol. The molecule has 2 aromatic carbocycles. The molecule has 0 amide bonds. The van der Waals surface area contributed by atoms with E-state index in [9.17, 15) is 26.0 Å². The highest BCUT2D eigenvalue weighted by Crippen LogP contribution is 2.42. The summed E-state index contributed by atoms with van der Waals surface area (Å²) in [4.78, 5) is 12.6. The van der Waals surface area contributed by atoms with Gasteiger partial charge in [0.25, 0.3) is 0 Å². The molecule has 10 nitrogen and oxygen atoms in total. The smallest absolute Gasteiger partial charge is 0.204 e. The van der Waals surface area contributed by atoms with E-state index in [1.807, 2.05) is 25.9 Å². The van der Waals surface area contributed by atoms with Gasteiger partial charge in [0.05, 0.1) is 22.5 Å². The molecule has 0 radical (unpaired) electrons. The van der Waals surface area contributed by atoms with Crippen LogP contribution in [0.5, 0.6) is 5.75 Å². The molecule has 0 spiro atoms. The number of aryl methyl sites for hydroxylation is 1. The number of hydrogen-bond donors (Lipinski definition) is 2. The molecule has 1 atom stereocenters. The normalized spacial score (nSPS) is 15.5. The number of aromatic nitrogens is 4. The fourth-order valence-electron chi connectivity index (χ4n) is 5.27. The Hall–Kier alpha value is -3.96. The molecule has 1 fully saturated rings. The van der Waals surface area contributed by atoms with Crippen LogP contribution in [0, 0.1) is 36.0 Å². The number of nitrogens with one attached hydrogen (secondary N) is 2. The third-order valence-corrected chi connectivity index (χ3v) is 11.3. The number of methoxy groups -OCH3 is 1. The van der Waals surface area contributed by atoms with E-state index in [-0.39, 0.29) is 28.0 Å². The average molecular weight is 698 g/mol. The first-order chi connectivity index (χ1) is 22.0. The lowest BCUT2D eigenvalue weighted by Gasteiger charge is -2.27. The molecule has 1 aliphatic rings. The summed E-state index contributed by atoms with van der Waals surface area (Å²) in [7, 11) is 0.642. The number of H-pyrrole nitrogens is 1. The number of likely N-dealkylation sites (N-methyl/N-ethyl adjacent to an activating group) is 1. The molecule has 47 heavy (non-hydrogen) atoms. The lowest BCUT2D eigenvalue weighted by Crippen LogP contribution is -2.32. The zero-order valence-corrected chi connectivity index (χ0v) is 27.9. The maximum Gasteiger partial charge on any atom is 0.204 e. The molecule has 17 heteroatoms. The van der Waals surface area contributed by atoms with Crippen molar-refractivity contribution in [2.45, 2.75) is 52.9 Å². The number of nitrogens with zero attached hydrogens (tertiary/aromatic N) is 5. The average Bonchev–Trinajstić information content (AvgIpc) is 3.66. The Morgan fingerprint density at radius 3 is 2.28 bits per heavy atom. The van der Waals surface area contributed by atoms with Gasteiger partial charge in [0.1, 0.15) is 10.6 Å². The fraction of sp³-hybridized carbons (Fsp3) is 0.367.